The van der Waals surface area contributed by atoms with Crippen LogP contribution in [-0.2, 0) is 6.54 Å². The van der Waals surface area contributed by atoms with E-state index in [0.717, 1.165) is 5.56 Å². The molecule has 106 valence electrons. The van der Waals surface area contributed by atoms with Crippen molar-refractivity contribution in [3.8, 4) is 11.4 Å². The maximum absolute atomic E-state index is 14.0. The van der Waals surface area contributed by atoms with E-state index in [1.54, 1.807) is 16.8 Å². The number of tetrazole rings is 1. The third-order valence-electron chi connectivity index (χ3n) is 3.22. The number of rotatable bonds is 3. The van der Waals surface area contributed by atoms with Crippen LogP contribution in [0, 0.1) is 12.7 Å². The summed E-state index contributed by atoms with van der Waals surface area (Å²) in [6.07, 6.45) is 0. The van der Waals surface area contributed by atoms with Crippen LogP contribution in [0.3, 0.4) is 0 Å². The highest BCUT2D eigenvalue weighted by molar-refractivity contribution is 5.59. The van der Waals surface area contributed by atoms with Crippen molar-refractivity contribution in [1.29, 1.82) is 0 Å². The Morgan fingerprint density at radius 3 is 2.62 bits per heavy atom. The Balaban J connectivity index is 1.95. The lowest BCUT2D eigenvalue weighted by Crippen LogP contribution is -2.05. The Morgan fingerprint density at radius 2 is 1.90 bits per heavy atom. The van der Waals surface area contributed by atoms with Crippen LogP contribution in [0.5, 0.6) is 0 Å². The molecule has 0 atom stereocenters. The zero-order valence-corrected chi connectivity index (χ0v) is 11.5. The molecule has 0 spiro atoms. The minimum atomic E-state index is -0.435. The molecular weight excluding hydrogens is 269 g/mol. The number of aromatic nitrogens is 4. The molecule has 0 saturated heterocycles. The summed E-state index contributed by atoms with van der Waals surface area (Å²) < 4.78 is 15.6. The summed E-state index contributed by atoms with van der Waals surface area (Å²) >= 11 is 0. The van der Waals surface area contributed by atoms with Crippen molar-refractivity contribution in [1.82, 2.24) is 20.2 Å². The number of nitrogens with two attached hydrogens (primary N) is 1. The smallest absolute Gasteiger partial charge is 0.185 e. The molecule has 0 amide bonds. The van der Waals surface area contributed by atoms with Crippen LogP contribution in [-0.4, -0.2) is 20.2 Å². The molecule has 0 aliphatic carbocycles. The molecule has 3 rings (SSSR count). The lowest BCUT2D eigenvalue weighted by Gasteiger charge is -2.06. The van der Waals surface area contributed by atoms with E-state index in [-0.39, 0.29) is 0 Å². The molecule has 0 radical (unpaired) electrons. The molecule has 2 N–H and O–H groups in total. The summed E-state index contributed by atoms with van der Waals surface area (Å²) in [5, 5.41) is 11.5. The van der Waals surface area contributed by atoms with Crippen molar-refractivity contribution in [3.63, 3.8) is 0 Å². The number of anilines is 1. The second-order valence-corrected chi connectivity index (χ2v) is 4.89. The fourth-order valence-electron chi connectivity index (χ4n) is 2.08. The lowest BCUT2D eigenvalue weighted by molar-refractivity contribution is 0.621. The molecule has 0 saturated carbocycles. The van der Waals surface area contributed by atoms with Gasteiger partial charge in [0.15, 0.2) is 5.82 Å². The molecule has 5 nitrogen and oxygen atoms in total. The molecule has 0 unspecified atom stereocenters. The van der Waals surface area contributed by atoms with E-state index in [4.69, 9.17) is 5.73 Å². The molecule has 0 aliphatic heterocycles. The van der Waals surface area contributed by atoms with E-state index in [2.05, 4.69) is 15.5 Å². The van der Waals surface area contributed by atoms with Gasteiger partial charge in [-0.25, -0.2) is 9.07 Å². The van der Waals surface area contributed by atoms with Crippen LogP contribution < -0.4 is 5.73 Å². The molecule has 21 heavy (non-hydrogen) atoms. The average Bonchev–Trinajstić information content (AvgIpc) is 2.89. The third kappa shape index (κ3) is 2.74. The summed E-state index contributed by atoms with van der Waals surface area (Å²) in [5.41, 5.74) is 8.49. The van der Waals surface area contributed by atoms with E-state index < -0.39 is 5.82 Å². The number of nitrogen functional groups attached to an aromatic ring is 1. The summed E-state index contributed by atoms with van der Waals surface area (Å²) in [5.74, 6) is -0.0527. The van der Waals surface area contributed by atoms with Crippen LogP contribution in [0.1, 0.15) is 11.1 Å². The first kappa shape index (κ1) is 13.2. The summed E-state index contributed by atoms with van der Waals surface area (Å²) in [6.45, 7) is 2.50. The zero-order valence-electron chi connectivity index (χ0n) is 11.5. The largest absolute Gasteiger partial charge is 0.399 e. The zero-order chi connectivity index (χ0) is 14.8. The molecule has 2 aromatic carbocycles. The van der Waals surface area contributed by atoms with Crippen molar-refractivity contribution in [2.45, 2.75) is 13.5 Å². The average molecular weight is 283 g/mol. The summed E-state index contributed by atoms with van der Waals surface area (Å²) in [7, 11) is 0. The Hall–Kier alpha value is -2.76. The van der Waals surface area contributed by atoms with Crippen LogP contribution in [0.2, 0.25) is 0 Å². The minimum Gasteiger partial charge on any atom is -0.399 e. The molecule has 0 aliphatic rings. The maximum atomic E-state index is 14.0. The van der Waals surface area contributed by atoms with Gasteiger partial charge in [-0.15, -0.1) is 5.10 Å². The fraction of sp³-hybridized carbons (Fsp3) is 0.133. The van der Waals surface area contributed by atoms with E-state index in [0.29, 0.717) is 23.6 Å². The second-order valence-electron chi connectivity index (χ2n) is 4.89. The molecule has 1 heterocycles. The first-order valence-corrected chi connectivity index (χ1v) is 6.50. The molecule has 0 bridgehead atoms. The summed E-state index contributed by atoms with van der Waals surface area (Å²) in [4.78, 5) is 0. The van der Waals surface area contributed by atoms with Crippen LogP contribution in [0.4, 0.5) is 10.1 Å². The maximum Gasteiger partial charge on any atom is 0.185 e. The highest BCUT2D eigenvalue weighted by atomic mass is 19.1. The fourth-order valence-corrected chi connectivity index (χ4v) is 2.08. The topological polar surface area (TPSA) is 69.6 Å². The van der Waals surface area contributed by atoms with Gasteiger partial charge >= 0.3 is 0 Å². The molecular formula is C15H14FN5. The van der Waals surface area contributed by atoms with Crippen LogP contribution in [0.25, 0.3) is 11.4 Å². The minimum absolute atomic E-state index is 0.335. The van der Waals surface area contributed by atoms with E-state index in [1.165, 1.54) is 11.6 Å². The predicted octanol–water partition coefficient (Wildman–Crippen LogP) is 2.42. The first-order valence-electron chi connectivity index (χ1n) is 6.50. The monoisotopic (exact) mass is 283 g/mol. The lowest BCUT2D eigenvalue weighted by atomic mass is 10.1. The van der Waals surface area contributed by atoms with Gasteiger partial charge in [-0.3, -0.25) is 0 Å². The summed E-state index contributed by atoms with van der Waals surface area (Å²) in [6, 6.07) is 12.5. The highest BCUT2D eigenvalue weighted by Gasteiger charge is 2.13. The van der Waals surface area contributed by atoms with Crippen molar-refractivity contribution < 1.29 is 4.39 Å². The second kappa shape index (κ2) is 5.32. The Bertz CT molecular complexity index is 764. The predicted molar refractivity (Wildman–Crippen MR) is 77.9 cm³/mol. The van der Waals surface area contributed by atoms with Gasteiger partial charge in [0.2, 0.25) is 0 Å². The normalized spacial score (nSPS) is 10.8. The van der Waals surface area contributed by atoms with Gasteiger partial charge in [-0.2, -0.15) is 0 Å². The van der Waals surface area contributed by atoms with Gasteiger partial charge in [0.25, 0.3) is 0 Å². The van der Waals surface area contributed by atoms with Crippen LogP contribution in [0.15, 0.2) is 42.5 Å². The number of hydrogen-bond acceptors (Lipinski definition) is 4. The SMILES string of the molecule is Cc1ccc(Cn2nnnc2-c2ccc(N)cc2F)cc1. The Kier molecular flexibility index (Phi) is 3.35. The van der Waals surface area contributed by atoms with Crippen molar-refractivity contribution >= 4 is 5.69 Å². The van der Waals surface area contributed by atoms with E-state index in [9.17, 15) is 4.39 Å². The molecule has 3 aromatic rings. The van der Waals surface area contributed by atoms with Crippen LogP contribution >= 0.6 is 0 Å². The van der Waals surface area contributed by atoms with Gasteiger partial charge < -0.3 is 5.73 Å². The number of halogens is 1. The van der Waals surface area contributed by atoms with Gasteiger partial charge in [0, 0.05) is 5.69 Å². The van der Waals surface area contributed by atoms with Crippen molar-refractivity contribution in [3.05, 3.63) is 59.4 Å². The third-order valence-corrected chi connectivity index (χ3v) is 3.22. The Labute approximate surface area is 121 Å². The number of hydrogen-bond donors (Lipinski definition) is 1. The molecule has 1 aromatic heterocycles. The van der Waals surface area contributed by atoms with Gasteiger partial charge in [0.1, 0.15) is 5.82 Å². The standard InChI is InChI=1S/C15H14FN5/c1-10-2-4-11(5-3-10)9-21-15(18-19-20-21)13-7-6-12(17)8-14(13)16/h2-8H,9,17H2,1H3. The number of aryl methyl sites for hydroxylation is 1. The van der Waals surface area contributed by atoms with E-state index in [1.807, 2.05) is 31.2 Å². The van der Waals surface area contributed by atoms with Gasteiger partial charge in [-0.1, -0.05) is 29.8 Å². The van der Waals surface area contributed by atoms with Crippen molar-refractivity contribution in [2.24, 2.45) is 0 Å². The van der Waals surface area contributed by atoms with Gasteiger partial charge in [-0.05, 0) is 41.1 Å². The van der Waals surface area contributed by atoms with E-state index >= 15 is 0 Å². The Morgan fingerprint density at radius 1 is 1.14 bits per heavy atom. The highest BCUT2D eigenvalue weighted by Crippen LogP contribution is 2.22. The van der Waals surface area contributed by atoms with Crippen molar-refractivity contribution in [2.75, 3.05) is 5.73 Å². The quantitative estimate of drug-likeness (QED) is 0.749. The number of benzene rings is 2. The molecule has 6 heteroatoms. The molecule has 0 fully saturated rings. The van der Waals surface area contributed by atoms with Gasteiger partial charge in [0.05, 0.1) is 12.1 Å². The first-order chi connectivity index (χ1) is 10.1. The number of nitrogens with zero attached hydrogens (tertiary/aromatic N) is 4.